The summed E-state index contributed by atoms with van der Waals surface area (Å²) >= 11 is 0. The number of aliphatic hydroxyl groups excluding tert-OH is 1. The Bertz CT molecular complexity index is 1250. The molecule has 1 heterocycles. The first kappa shape index (κ1) is 45.3. The van der Waals surface area contributed by atoms with Crippen molar-refractivity contribution in [3.05, 3.63) is 47.7 Å². The Morgan fingerprint density at radius 3 is 1.68 bits per heavy atom. The highest BCUT2D eigenvalue weighted by Gasteiger charge is 2.57. The number of hydrogen-bond acceptors (Lipinski definition) is 7. The first-order valence-corrected chi connectivity index (χ1v) is 31.0. The quantitative estimate of drug-likeness (QED) is 0.149. The topological polar surface area (TPSA) is 83.5 Å². The first-order chi connectivity index (χ1) is 22.4. The molecule has 0 radical (unpaired) electrons. The summed E-state index contributed by atoms with van der Waals surface area (Å²) in [5.41, 5.74) is 2.83. The second-order valence-electron chi connectivity index (χ2n) is 20.0. The van der Waals surface area contributed by atoms with Crippen LogP contribution in [0.5, 0.6) is 0 Å². The fraction of sp³-hybridized carbons (Fsp3) is 0.769. The second-order valence-corrected chi connectivity index (χ2v) is 39.3. The summed E-state index contributed by atoms with van der Waals surface area (Å²) in [5, 5.41) is 9.79. The standard InChI is InChI=1S/C39H74O7Si4/c1-37(2,3)48(13,14)44-31(26-28-47(10,11)12)33-35(46-50(17,18)39(7,8)9)34(45-49(15,16)38(4,5)6)32(30(42-33)25-22-27-40)43-36(41)29-23-20-19-21-24-29/h19-21,23-24,26,28,30-35,40H,22,25,27H2,1-18H3/b28-26+/t30?,31?,32-,33-,34?,35?/m0/s1. The van der Waals surface area contributed by atoms with Gasteiger partial charge in [0.05, 0.1) is 25.8 Å². The highest BCUT2D eigenvalue weighted by atomic mass is 28.4. The van der Waals surface area contributed by atoms with Gasteiger partial charge in [0, 0.05) is 6.61 Å². The molecule has 50 heavy (non-hydrogen) atoms. The molecule has 288 valence electrons. The van der Waals surface area contributed by atoms with Crippen LogP contribution < -0.4 is 0 Å². The zero-order chi connectivity index (χ0) is 38.7. The van der Waals surface area contributed by atoms with E-state index < -0.39 is 75.6 Å². The molecule has 4 unspecified atom stereocenters. The van der Waals surface area contributed by atoms with E-state index in [-0.39, 0.29) is 21.7 Å². The minimum atomic E-state index is -2.48. The molecule has 0 amide bonds. The number of rotatable bonds is 14. The van der Waals surface area contributed by atoms with E-state index in [0.717, 1.165) is 0 Å². The summed E-state index contributed by atoms with van der Waals surface area (Å²) < 4.78 is 36.0. The lowest BCUT2D eigenvalue weighted by Crippen LogP contribution is -2.68. The van der Waals surface area contributed by atoms with Crippen LogP contribution in [0.1, 0.15) is 85.5 Å². The number of aliphatic hydroxyl groups is 1. The highest BCUT2D eigenvalue weighted by Crippen LogP contribution is 2.46. The lowest BCUT2D eigenvalue weighted by atomic mass is 9.90. The van der Waals surface area contributed by atoms with Gasteiger partial charge in [0.2, 0.25) is 0 Å². The zero-order valence-corrected chi connectivity index (χ0v) is 39.0. The summed E-state index contributed by atoms with van der Waals surface area (Å²) in [6, 6.07) is 9.12. The molecule has 0 spiro atoms. The Hall–Kier alpha value is -0.902. The lowest BCUT2D eigenvalue weighted by molar-refractivity contribution is -0.230. The Morgan fingerprint density at radius 2 is 1.24 bits per heavy atom. The Labute approximate surface area is 310 Å². The van der Waals surface area contributed by atoms with Gasteiger partial charge in [0.1, 0.15) is 18.3 Å². The predicted octanol–water partition coefficient (Wildman–Crippen LogP) is 10.4. The smallest absolute Gasteiger partial charge is 0.338 e. The van der Waals surface area contributed by atoms with Gasteiger partial charge >= 0.3 is 5.97 Å². The predicted molar refractivity (Wildman–Crippen MR) is 219 cm³/mol. The van der Waals surface area contributed by atoms with Gasteiger partial charge in [-0.25, -0.2) is 4.79 Å². The van der Waals surface area contributed by atoms with E-state index in [1.54, 1.807) is 12.1 Å². The van der Waals surface area contributed by atoms with Crippen molar-refractivity contribution in [3.63, 3.8) is 0 Å². The fourth-order valence-corrected chi connectivity index (χ4v) is 9.68. The molecule has 0 aromatic heterocycles. The van der Waals surface area contributed by atoms with E-state index in [1.807, 2.05) is 18.2 Å². The average Bonchev–Trinajstić information content (AvgIpc) is 2.94. The third kappa shape index (κ3) is 12.1. The highest BCUT2D eigenvalue weighted by molar-refractivity contribution is 6.81. The van der Waals surface area contributed by atoms with Crippen LogP contribution in [-0.4, -0.2) is 87.3 Å². The van der Waals surface area contributed by atoms with Crippen LogP contribution in [0.15, 0.2) is 42.1 Å². The Morgan fingerprint density at radius 1 is 0.760 bits per heavy atom. The van der Waals surface area contributed by atoms with Crippen molar-refractivity contribution in [1.82, 2.24) is 0 Å². The fourth-order valence-electron chi connectivity index (χ4n) is 5.06. The summed E-state index contributed by atoms with van der Waals surface area (Å²) in [4.78, 5) is 13.9. The molecule has 1 N–H and O–H groups in total. The Kier molecular flexibility index (Phi) is 15.1. The number of esters is 1. The first-order valence-electron chi connectivity index (χ1n) is 18.7. The van der Waals surface area contributed by atoms with Crippen molar-refractivity contribution in [2.75, 3.05) is 6.61 Å². The zero-order valence-electron chi connectivity index (χ0n) is 35.0. The number of hydrogen-bond donors (Lipinski definition) is 1. The van der Waals surface area contributed by atoms with Crippen molar-refractivity contribution in [3.8, 4) is 0 Å². The van der Waals surface area contributed by atoms with Crippen LogP contribution in [-0.2, 0) is 22.8 Å². The van der Waals surface area contributed by atoms with Crippen molar-refractivity contribution in [1.29, 1.82) is 0 Å². The normalized spacial score (nSPS) is 24.0. The molecule has 0 saturated carbocycles. The van der Waals surface area contributed by atoms with Gasteiger partial charge in [-0.05, 0) is 79.4 Å². The lowest BCUT2D eigenvalue weighted by Gasteiger charge is -2.54. The summed E-state index contributed by atoms with van der Waals surface area (Å²) in [6.45, 7) is 40.8. The van der Waals surface area contributed by atoms with E-state index in [4.69, 9.17) is 22.8 Å². The number of ether oxygens (including phenoxy) is 2. The largest absolute Gasteiger partial charge is 0.453 e. The minimum Gasteiger partial charge on any atom is -0.453 e. The molecular formula is C39H74O7Si4. The van der Waals surface area contributed by atoms with Gasteiger partial charge in [0.25, 0.3) is 0 Å². The van der Waals surface area contributed by atoms with Crippen LogP contribution in [0.2, 0.25) is 74.0 Å². The van der Waals surface area contributed by atoms with Crippen LogP contribution >= 0.6 is 0 Å². The van der Waals surface area contributed by atoms with Gasteiger partial charge in [-0.3, -0.25) is 0 Å². The molecule has 1 saturated heterocycles. The van der Waals surface area contributed by atoms with Gasteiger partial charge < -0.3 is 27.9 Å². The monoisotopic (exact) mass is 766 g/mol. The van der Waals surface area contributed by atoms with Gasteiger partial charge in [-0.2, -0.15) is 0 Å². The second kappa shape index (κ2) is 16.6. The van der Waals surface area contributed by atoms with E-state index in [1.165, 1.54) is 0 Å². The average molecular weight is 767 g/mol. The minimum absolute atomic E-state index is 0.000950. The summed E-state index contributed by atoms with van der Waals surface area (Å²) in [7, 11) is -8.92. The third-order valence-corrected chi connectivity index (χ3v) is 26.0. The van der Waals surface area contributed by atoms with Crippen molar-refractivity contribution in [2.24, 2.45) is 0 Å². The van der Waals surface area contributed by atoms with Crippen LogP contribution in [0.3, 0.4) is 0 Å². The molecule has 1 aliphatic rings. The van der Waals surface area contributed by atoms with Crippen molar-refractivity contribution >= 4 is 39.0 Å². The van der Waals surface area contributed by atoms with E-state index in [2.05, 4.69) is 133 Å². The molecule has 1 aliphatic heterocycles. The summed E-state index contributed by atoms with van der Waals surface area (Å²) in [6.07, 6.45) is -0.215. The number of benzene rings is 1. The maximum Gasteiger partial charge on any atom is 0.338 e. The molecule has 1 fully saturated rings. The van der Waals surface area contributed by atoms with Gasteiger partial charge in [-0.15, -0.1) is 0 Å². The molecule has 0 bridgehead atoms. The molecule has 7 nitrogen and oxygen atoms in total. The SMILES string of the molecule is CC(C)(C)[Si](C)(C)OC(/C=C/[Si](C)(C)C)[C@@H]1OC(CCCO)[C@H](OC(=O)c2ccccc2)C(O[Si](C)(C)C(C)(C)C)C1O[Si](C)(C)C(C)(C)C. The molecule has 1 aromatic rings. The number of carbonyl (C=O) groups is 1. The van der Waals surface area contributed by atoms with E-state index in [0.29, 0.717) is 18.4 Å². The van der Waals surface area contributed by atoms with Crippen molar-refractivity contribution in [2.45, 2.75) is 186 Å². The third-order valence-electron chi connectivity index (χ3n) is 11.4. The molecular weight excluding hydrogens is 693 g/mol. The van der Waals surface area contributed by atoms with Gasteiger partial charge in [0.15, 0.2) is 31.1 Å². The molecule has 6 atom stereocenters. The Balaban J connectivity index is 2.98. The molecule has 2 rings (SSSR count). The van der Waals surface area contributed by atoms with Crippen LogP contribution in [0.4, 0.5) is 0 Å². The summed E-state index contributed by atoms with van der Waals surface area (Å²) in [5.74, 6) is -0.422. The molecule has 1 aromatic carbocycles. The maximum atomic E-state index is 13.9. The number of carbonyl (C=O) groups excluding carboxylic acids is 1. The molecule has 0 aliphatic carbocycles. The van der Waals surface area contributed by atoms with Crippen LogP contribution in [0.25, 0.3) is 0 Å². The van der Waals surface area contributed by atoms with Crippen LogP contribution in [0, 0.1) is 0 Å². The van der Waals surface area contributed by atoms with E-state index in [9.17, 15) is 9.90 Å². The maximum absolute atomic E-state index is 13.9. The van der Waals surface area contributed by atoms with Crippen molar-refractivity contribution < 1.29 is 32.7 Å². The van der Waals surface area contributed by atoms with E-state index >= 15 is 0 Å². The van der Waals surface area contributed by atoms with Gasteiger partial charge in [-0.1, -0.05) is 112 Å². The molecule has 11 heteroatoms.